The molecule has 1 aliphatic rings. The highest BCUT2D eigenvalue weighted by Gasteiger charge is 2.25. The van der Waals surface area contributed by atoms with Gasteiger partial charge in [0.2, 0.25) is 5.91 Å². The van der Waals surface area contributed by atoms with E-state index in [1.54, 1.807) is 23.1 Å². The number of halogens is 1. The van der Waals surface area contributed by atoms with Gasteiger partial charge in [0, 0.05) is 47.5 Å². The molecule has 0 spiro atoms. The van der Waals surface area contributed by atoms with Crippen LogP contribution in [-0.4, -0.2) is 60.4 Å². The summed E-state index contributed by atoms with van der Waals surface area (Å²) in [5.41, 5.74) is 4.22. The maximum absolute atomic E-state index is 14.1. The molecule has 0 unspecified atom stereocenters. The van der Waals surface area contributed by atoms with Gasteiger partial charge < -0.3 is 25.3 Å². The minimum atomic E-state index is -0.282. The average molecular weight is 559 g/mol. The van der Waals surface area contributed by atoms with Crippen molar-refractivity contribution >= 4 is 40.2 Å². The molecule has 0 atom stereocenters. The van der Waals surface area contributed by atoms with Crippen molar-refractivity contribution in [1.82, 2.24) is 20.5 Å². The maximum atomic E-state index is 14.1. The second-order valence-corrected chi connectivity index (χ2v) is 10.2. The van der Waals surface area contributed by atoms with Gasteiger partial charge in [0.1, 0.15) is 18.1 Å². The van der Waals surface area contributed by atoms with E-state index in [2.05, 4.69) is 15.6 Å². The third-order valence-electron chi connectivity index (χ3n) is 6.88. The van der Waals surface area contributed by atoms with Crippen LogP contribution in [0.2, 0.25) is 5.02 Å². The number of nitrogens with one attached hydrogen (secondary N) is 3. The number of amides is 3. The Kier molecular flexibility index (Phi) is 8.36. The Morgan fingerprint density at radius 3 is 2.60 bits per heavy atom. The van der Waals surface area contributed by atoms with Crippen molar-refractivity contribution in [1.29, 1.82) is 0 Å². The summed E-state index contributed by atoms with van der Waals surface area (Å²) in [6.07, 6.45) is 0.734. The molecule has 4 aromatic rings. The number of hydrogen-bond acceptors (Lipinski definition) is 4. The maximum Gasteiger partial charge on any atom is 0.271 e. The number of nitrogens with zero attached hydrogens (tertiary/aromatic N) is 1. The molecular formula is C31H31ClN4O4. The van der Waals surface area contributed by atoms with Crippen LogP contribution in [0.25, 0.3) is 22.0 Å². The van der Waals surface area contributed by atoms with Gasteiger partial charge in [-0.1, -0.05) is 53.6 Å². The van der Waals surface area contributed by atoms with Gasteiger partial charge in [-0.15, -0.1) is 0 Å². The molecule has 3 amide bonds. The lowest BCUT2D eigenvalue weighted by molar-refractivity contribution is -0.121. The van der Waals surface area contributed by atoms with E-state index in [0.29, 0.717) is 41.5 Å². The third kappa shape index (κ3) is 6.13. The summed E-state index contributed by atoms with van der Waals surface area (Å²) in [4.78, 5) is 44.6. The fourth-order valence-corrected chi connectivity index (χ4v) is 5.09. The highest BCUT2D eigenvalue weighted by molar-refractivity contribution is 6.31. The number of hydrogen-bond donors (Lipinski definition) is 3. The molecule has 3 N–H and O–H groups in total. The molecule has 0 radical (unpaired) electrons. The quantitative estimate of drug-likeness (QED) is 0.323. The van der Waals surface area contributed by atoms with Crippen LogP contribution in [0.4, 0.5) is 0 Å². The minimum absolute atomic E-state index is 0.116. The molecule has 0 saturated heterocycles. The van der Waals surface area contributed by atoms with Crippen LogP contribution in [-0.2, 0) is 4.79 Å². The molecule has 2 heterocycles. The number of carbonyl (C=O) groups excluding carboxylic acids is 3. The van der Waals surface area contributed by atoms with Gasteiger partial charge in [0.25, 0.3) is 11.8 Å². The fraction of sp³-hybridized carbons (Fsp3) is 0.258. The van der Waals surface area contributed by atoms with Crippen molar-refractivity contribution in [3.05, 3.63) is 88.6 Å². The number of benzene rings is 3. The van der Waals surface area contributed by atoms with E-state index in [1.165, 1.54) is 0 Å². The molecule has 0 bridgehead atoms. The zero-order chi connectivity index (χ0) is 28.1. The summed E-state index contributed by atoms with van der Waals surface area (Å²) < 4.78 is 5.79. The van der Waals surface area contributed by atoms with Crippen LogP contribution in [0, 0.1) is 6.92 Å². The molecule has 0 fully saturated rings. The molecule has 1 aliphatic heterocycles. The highest BCUT2D eigenvalue weighted by Crippen LogP contribution is 2.34. The second-order valence-electron chi connectivity index (χ2n) is 9.78. The summed E-state index contributed by atoms with van der Waals surface area (Å²) >= 11 is 6.33. The summed E-state index contributed by atoms with van der Waals surface area (Å²) in [6.45, 7) is 3.30. The van der Waals surface area contributed by atoms with Crippen LogP contribution in [0.3, 0.4) is 0 Å². The molecule has 0 aliphatic carbocycles. The molecule has 8 nitrogen and oxygen atoms in total. The van der Waals surface area contributed by atoms with E-state index in [9.17, 15) is 14.4 Å². The summed E-state index contributed by atoms with van der Waals surface area (Å²) in [5.74, 6) is -0.168. The van der Waals surface area contributed by atoms with Gasteiger partial charge in [-0.05, 0) is 49.2 Å². The first kappa shape index (κ1) is 27.3. The number of H-pyrrole nitrogens is 1. The molecule has 0 saturated carbocycles. The number of aryl methyl sites for hydroxylation is 1. The third-order valence-corrected chi connectivity index (χ3v) is 7.12. The van der Waals surface area contributed by atoms with Gasteiger partial charge in [0.05, 0.1) is 12.1 Å². The van der Waals surface area contributed by atoms with Gasteiger partial charge in [0.15, 0.2) is 0 Å². The summed E-state index contributed by atoms with van der Waals surface area (Å²) in [7, 11) is 0. The Balaban J connectivity index is 1.46. The van der Waals surface area contributed by atoms with Crippen molar-refractivity contribution in [2.75, 3.05) is 32.8 Å². The standard InChI is InChI=1S/C31H31ClN4O4/c1-20-9-12-26-24(18-20)30(38)34-13-16-36(15-5-8-27(37)33-14-17-40-26)31(39)29-28(21-6-3-2-4-7-21)23-19-22(32)10-11-25(23)35-29/h2-4,6-7,9-12,18-19,35H,5,8,13-17H2,1H3,(H,33,37)(H,34,38). The van der Waals surface area contributed by atoms with Crippen molar-refractivity contribution < 1.29 is 19.1 Å². The van der Waals surface area contributed by atoms with E-state index in [-0.39, 0.29) is 43.8 Å². The first-order valence-electron chi connectivity index (χ1n) is 13.3. The number of rotatable bonds is 2. The lowest BCUT2D eigenvalue weighted by Gasteiger charge is -2.23. The Labute approximate surface area is 237 Å². The second kappa shape index (κ2) is 12.3. The molecule has 3 aromatic carbocycles. The van der Waals surface area contributed by atoms with E-state index in [1.807, 2.05) is 55.5 Å². The molecule has 1 aromatic heterocycles. The Bertz CT molecular complexity index is 1550. The molecule has 40 heavy (non-hydrogen) atoms. The lowest BCUT2D eigenvalue weighted by Crippen LogP contribution is -2.39. The van der Waals surface area contributed by atoms with Crippen LogP contribution >= 0.6 is 11.6 Å². The molecule has 9 heteroatoms. The van der Waals surface area contributed by atoms with Crippen LogP contribution < -0.4 is 15.4 Å². The average Bonchev–Trinajstić information content (AvgIpc) is 3.33. The van der Waals surface area contributed by atoms with Crippen LogP contribution in [0.1, 0.15) is 39.3 Å². The number of aromatic nitrogens is 1. The fourth-order valence-electron chi connectivity index (χ4n) is 4.92. The Morgan fingerprint density at radius 2 is 1.77 bits per heavy atom. The number of aromatic amines is 1. The minimum Gasteiger partial charge on any atom is -0.491 e. The first-order valence-corrected chi connectivity index (χ1v) is 13.7. The molecule has 5 rings (SSSR count). The lowest BCUT2D eigenvalue weighted by atomic mass is 10.0. The van der Waals surface area contributed by atoms with Gasteiger partial charge in [-0.25, -0.2) is 0 Å². The monoisotopic (exact) mass is 558 g/mol. The van der Waals surface area contributed by atoms with Gasteiger partial charge >= 0.3 is 0 Å². The van der Waals surface area contributed by atoms with E-state index in [0.717, 1.165) is 27.6 Å². The van der Waals surface area contributed by atoms with Gasteiger partial charge in [-0.2, -0.15) is 0 Å². The Hall–Kier alpha value is -4.30. The van der Waals surface area contributed by atoms with Crippen LogP contribution in [0.5, 0.6) is 5.75 Å². The summed E-state index contributed by atoms with van der Waals surface area (Å²) in [5, 5.41) is 7.21. The van der Waals surface area contributed by atoms with E-state index < -0.39 is 0 Å². The zero-order valence-corrected chi connectivity index (χ0v) is 23.0. The number of fused-ring (bicyclic) bond motifs is 2. The molecule has 206 valence electrons. The van der Waals surface area contributed by atoms with Crippen molar-refractivity contribution in [2.24, 2.45) is 0 Å². The first-order chi connectivity index (χ1) is 19.4. The van der Waals surface area contributed by atoms with E-state index >= 15 is 0 Å². The zero-order valence-electron chi connectivity index (χ0n) is 22.3. The van der Waals surface area contributed by atoms with Crippen molar-refractivity contribution in [3.63, 3.8) is 0 Å². The van der Waals surface area contributed by atoms with Crippen molar-refractivity contribution in [2.45, 2.75) is 19.8 Å². The molecular weight excluding hydrogens is 528 g/mol. The highest BCUT2D eigenvalue weighted by atomic mass is 35.5. The van der Waals surface area contributed by atoms with Crippen molar-refractivity contribution in [3.8, 4) is 16.9 Å². The smallest absolute Gasteiger partial charge is 0.271 e. The van der Waals surface area contributed by atoms with Crippen LogP contribution in [0.15, 0.2) is 66.7 Å². The SMILES string of the molecule is Cc1ccc2c(c1)C(=O)NCCN(C(=O)c1[nH]c3ccc(Cl)cc3c1-c1ccccc1)CCCC(=O)NCCO2. The number of ether oxygens (including phenoxy) is 1. The van der Waals surface area contributed by atoms with Gasteiger partial charge in [-0.3, -0.25) is 14.4 Å². The normalized spacial score (nSPS) is 15.3. The Morgan fingerprint density at radius 1 is 0.950 bits per heavy atom. The predicted molar refractivity (Wildman–Crippen MR) is 156 cm³/mol. The van der Waals surface area contributed by atoms with E-state index in [4.69, 9.17) is 16.3 Å². The topological polar surface area (TPSA) is 104 Å². The predicted octanol–water partition coefficient (Wildman–Crippen LogP) is 4.96. The number of carbonyl (C=O) groups is 3. The largest absolute Gasteiger partial charge is 0.491 e. The summed E-state index contributed by atoms with van der Waals surface area (Å²) in [6, 6.07) is 20.6.